The Morgan fingerprint density at radius 2 is 1.53 bits per heavy atom. The van der Waals surface area contributed by atoms with E-state index in [4.69, 9.17) is 11.6 Å². The second-order valence-corrected chi connectivity index (χ2v) is 9.99. The highest BCUT2D eigenvalue weighted by molar-refractivity contribution is 6.33. The van der Waals surface area contributed by atoms with Crippen LogP contribution in [-0.4, -0.2) is 26.8 Å². The number of amides is 1. The lowest BCUT2D eigenvalue weighted by atomic mass is 10.0. The van der Waals surface area contributed by atoms with Crippen LogP contribution in [0.2, 0.25) is 5.02 Å². The van der Waals surface area contributed by atoms with Gasteiger partial charge in [0.15, 0.2) is 0 Å². The summed E-state index contributed by atoms with van der Waals surface area (Å²) in [5.41, 5.74) is 5.61. The van der Waals surface area contributed by atoms with Gasteiger partial charge in [-0.1, -0.05) is 78.3 Å². The van der Waals surface area contributed by atoms with E-state index in [1.54, 1.807) is 18.5 Å². The number of rotatable bonds is 8. The number of fused-ring (bicyclic) bond motifs is 1. The average Bonchev–Trinajstić information content (AvgIpc) is 2.93. The summed E-state index contributed by atoms with van der Waals surface area (Å²) >= 11 is 6.40. The Morgan fingerprint density at radius 3 is 2.32 bits per heavy atom. The van der Waals surface area contributed by atoms with E-state index in [9.17, 15) is 4.79 Å². The van der Waals surface area contributed by atoms with Crippen LogP contribution in [-0.2, 0) is 13.1 Å². The Morgan fingerprint density at radius 1 is 0.816 bits per heavy atom. The van der Waals surface area contributed by atoms with E-state index in [2.05, 4.69) is 59.5 Å². The first-order valence-electron chi connectivity index (χ1n) is 12.7. The molecule has 0 unspecified atom stereocenters. The zero-order valence-electron chi connectivity index (χ0n) is 21.4. The van der Waals surface area contributed by atoms with Crippen LogP contribution in [0.25, 0.3) is 22.0 Å². The number of halogens is 1. The van der Waals surface area contributed by atoms with Crippen LogP contribution < -0.4 is 5.32 Å². The van der Waals surface area contributed by atoms with E-state index in [1.165, 1.54) is 0 Å². The molecule has 0 aliphatic heterocycles. The number of benzene rings is 4. The second kappa shape index (κ2) is 11.4. The van der Waals surface area contributed by atoms with Crippen molar-refractivity contribution in [2.75, 3.05) is 5.32 Å². The number of anilines is 1. The lowest BCUT2D eigenvalue weighted by molar-refractivity contribution is 0.0730. The molecule has 1 aromatic heterocycles. The first-order valence-corrected chi connectivity index (χ1v) is 13.0. The SMILES string of the molecule is CC(C)Nc1ncnc2ccc(-c3cccc(CN(Cc4ccccc4)C(=O)c4ccccc4Cl)c3)cc12. The second-order valence-electron chi connectivity index (χ2n) is 9.58. The highest BCUT2D eigenvalue weighted by Crippen LogP contribution is 2.28. The molecule has 4 aromatic carbocycles. The molecule has 0 saturated heterocycles. The van der Waals surface area contributed by atoms with Gasteiger partial charge in [-0.3, -0.25) is 4.79 Å². The topological polar surface area (TPSA) is 58.1 Å². The molecule has 1 amide bonds. The fourth-order valence-corrected chi connectivity index (χ4v) is 4.72. The Hall–Kier alpha value is -4.22. The number of nitrogens with zero attached hydrogens (tertiary/aromatic N) is 3. The van der Waals surface area contributed by atoms with Crippen molar-refractivity contribution >= 4 is 34.2 Å². The Bertz CT molecular complexity index is 1570. The van der Waals surface area contributed by atoms with Crippen molar-refractivity contribution in [3.05, 3.63) is 125 Å². The summed E-state index contributed by atoms with van der Waals surface area (Å²) in [5, 5.41) is 4.84. The number of carbonyl (C=O) groups is 1. The van der Waals surface area contributed by atoms with Crippen LogP contribution in [0.15, 0.2) is 103 Å². The monoisotopic (exact) mass is 520 g/mol. The van der Waals surface area contributed by atoms with Crippen molar-refractivity contribution in [2.24, 2.45) is 0 Å². The number of aromatic nitrogens is 2. The largest absolute Gasteiger partial charge is 0.367 e. The van der Waals surface area contributed by atoms with Gasteiger partial charge >= 0.3 is 0 Å². The minimum absolute atomic E-state index is 0.0999. The van der Waals surface area contributed by atoms with E-state index >= 15 is 0 Å². The third-order valence-electron chi connectivity index (χ3n) is 6.30. The summed E-state index contributed by atoms with van der Waals surface area (Å²) in [6.45, 7) is 5.11. The Balaban J connectivity index is 1.47. The van der Waals surface area contributed by atoms with E-state index < -0.39 is 0 Å². The van der Waals surface area contributed by atoms with E-state index in [1.807, 2.05) is 59.5 Å². The van der Waals surface area contributed by atoms with Crippen LogP contribution in [0.5, 0.6) is 0 Å². The number of hydrogen-bond donors (Lipinski definition) is 1. The quantitative estimate of drug-likeness (QED) is 0.229. The van der Waals surface area contributed by atoms with Gasteiger partial charge in [-0.2, -0.15) is 0 Å². The van der Waals surface area contributed by atoms with Gasteiger partial charge in [0.25, 0.3) is 5.91 Å². The average molecular weight is 521 g/mol. The first-order chi connectivity index (χ1) is 18.5. The molecule has 0 radical (unpaired) electrons. The normalized spacial score (nSPS) is 11.1. The molecule has 0 aliphatic rings. The molecule has 1 N–H and O–H groups in total. The first kappa shape index (κ1) is 25.4. The van der Waals surface area contributed by atoms with Crippen LogP contribution in [0.1, 0.15) is 35.3 Å². The number of hydrogen-bond acceptors (Lipinski definition) is 4. The molecule has 5 rings (SSSR count). The van der Waals surface area contributed by atoms with Gasteiger partial charge in [0.05, 0.1) is 16.1 Å². The third kappa shape index (κ3) is 5.84. The maximum atomic E-state index is 13.6. The molecular weight excluding hydrogens is 492 g/mol. The fraction of sp³-hybridized carbons (Fsp3) is 0.156. The maximum Gasteiger partial charge on any atom is 0.255 e. The third-order valence-corrected chi connectivity index (χ3v) is 6.63. The predicted molar refractivity (Wildman–Crippen MR) is 155 cm³/mol. The molecule has 5 nitrogen and oxygen atoms in total. The lowest BCUT2D eigenvalue weighted by Gasteiger charge is -2.24. The maximum absolute atomic E-state index is 13.6. The summed E-state index contributed by atoms with van der Waals surface area (Å²) in [4.78, 5) is 24.4. The summed E-state index contributed by atoms with van der Waals surface area (Å²) in [6.07, 6.45) is 1.59. The summed E-state index contributed by atoms with van der Waals surface area (Å²) in [5.74, 6) is 0.722. The summed E-state index contributed by atoms with van der Waals surface area (Å²) in [6, 6.07) is 32.0. The van der Waals surface area contributed by atoms with Gasteiger partial charge in [0.1, 0.15) is 12.1 Å². The van der Waals surface area contributed by atoms with Gasteiger partial charge in [0, 0.05) is 24.5 Å². The zero-order chi connectivity index (χ0) is 26.5. The van der Waals surface area contributed by atoms with Crippen LogP contribution in [0.4, 0.5) is 5.82 Å². The molecule has 0 atom stereocenters. The Kier molecular flexibility index (Phi) is 7.66. The van der Waals surface area contributed by atoms with Gasteiger partial charge in [-0.15, -0.1) is 0 Å². The molecular formula is C32H29ClN4O. The zero-order valence-corrected chi connectivity index (χ0v) is 22.2. The van der Waals surface area contributed by atoms with E-state index in [-0.39, 0.29) is 11.9 Å². The standard InChI is InChI=1S/C32H29ClN4O/c1-22(2)36-31-28-18-26(15-16-30(28)34-21-35-31)25-12-8-11-24(17-25)20-37(19-23-9-4-3-5-10-23)32(38)27-13-6-7-14-29(27)33/h3-18,21-22H,19-20H2,1-2H3,(H,34,35,36). The predicted octanol–water partition coefficient (Wildman–Crippen LogP) is 7.61. The molecule has 0 bridgehead atoms. The van der Waals surface area contributed by atoms with Gasteiger partial charge in [0.2, 0.25) is 0 Å². The summed E-state index contributed by atoms with van der Waals surface area (Å²) < 4.78 is 0. The summed E-state index contributed by atoms with van der Waals surface area (Å²) in [7, 11) is 0. The molecule has 38 heavy (non-hydrogen) atoms. The molecule has 190 valence electrons. The molecule has 0 spiro atoms. The van der Waals surface area contributed by atoms with Crippen molar-refractivity contribution in [1.82, 2.24) is 14.9 Å². The van der Waals surface area contributed by atoms with Gasteiger partial charge < -0.3 is 10.2 Å². The van der Waals surface area contributed by atoms with E-state index in [0.29, 0.717) is 23.7 Å². The van der Waals surface area contributed by atoms with Crippen LogP contribution in [0.3, 0.4) is 0 Å². The molecule has 5 aromatic rings. The highest BCUT2D eigenvalue weighted by Gasteiger charge is 2.19. The highest BCUT2D eigenvalue weighted by atomic mass is 35.5. The molecule has 0 saturated carbocycles. The lowest BCUT2D eigenvalue weighted by Crippen LogP contribution is -2.30. The van der Waals surface area contributed by atoms with Gasteiger partial charge in [-0.05, 0) is 66.4 Å². The van der Waals surface area contributed by atoms with E-state index in [0.717, 1.165) is 39.0 Å². The Labute approximate surface area is 228 Å². The van der Waals surface area contributed by atoms with Crippen molar-refractivity contribution in [3.8, 4) is 11.1 Å². The van der Waals surface area contributed by atoms with Gasteiger partial charge in [-0.25, -0.2) is 9.97 Å². The minimum atomic E-state index is -0.0999. The number of carbonyl (C=O) groups excluding carboxylic acids is 1. The van der Waals surface area contributed by atoms with Crippen molar-refractivity contribution < 1.29 is 4.79 Å². The molecule has 0 fully saturated rings. The molecule has 1 heterocycles. The minimum Gasteiger partial charge on any atom is -0.367 e. The fourth-order valence-electron chi connectivity index (χ4n) is 4.50. The smallest absolute Gasteiger partial charge is 0.255 e. The number of nitrogens with one attached hydrogen (secondary N) is 1. The van der Waals surface area contributed by atoms with Crippen LogP contribution in [0, 0.1) is 0 Å². The molecule has 6 heteroatoms. The van der Waals surface area contributed by atoms with Crippen molar-refractivity contribution in [1.29, 1.82) is 0 Å². The van der Waals surface area contributed by atoms with Crippen LogP contribution >= 0.6 is 11.6 Å². The van der Waals surface area contributed by atoms with Crippen molar-refractivity contribution in [2.45, 2.75) is 33.0 Å². The molecule has 0 aliphatic carbocycles. The van der Waals surface area contributed by atoms with Crippen molar-refractivity contribution in [3.63, 3.8) is 0 Å².